The molecule has 0 fully saturated rings. The van der Waals surface area contributed by atoms with Gasteiger partial charge in [0.25, 0.3) is 0 Å². The Bertz CT molecular complexity index is 546. The highest BCUT2D eigenvalue weighted by atomic mass is 35.5. The predicted molar refractivity (Wildman–Crippen MR) is 65.0 cm³/mol. The summed E-state index contributed by atoms with van der Waals surface area (Å²) < 4.78 is 1.46. The fraction of sp³-hybridized carbons (Fsp3) is 0.167. The third-order valence-electron chi connectivity index (χ3n) is 2.41. The van der Waals surface area contributed by atoms with Crippen molar-refractivity contribution in [3.8, 4) is 11.3 Å². The summed E-state index contributed by atoms with van der Waals surface area (Å²) in [4.78, 5) is 10.6. The third-order valence-corrected chi connectivity index (χ3v) is 2.66. The quantitative estimate of drug-likeness (QED) is 0.911. The minimum atomic E-state index is -0.904. The van der Waals surface area contributed by atoms with Crippen LogP contribution < -0.4 is 0 Å². The number of hydrogen-bond donors (Lipinski definition) is 1. The zero-order valence-electron chi connectivity index (χ0n) is 9.22. The molecule has 17 heavy (non-hydrogen) atoms. The lowest BCUT2D eigenvalue weighted by Crippen LogP contribution is -2.11. The normalized spacial score (nSPS) is 10.5. The maximum absolute atomic E-state index is 10.6. The van der Waals surface area contributed by atoms with Crippen LogP contribution in [-0.2, 0) is 11.3 Å². The second kappa shape index (κ2) is 4.59. The van der Waals surface area contributed by atoms with Gasteiger partial charge < -0.3 is 5.11 Å². The second-order valence-electron chi connectivity index (χ2n) is 3.73. The van der Waals surface area contributed by atoms with Crippen LogP contribution in [0, 0.1) is 6.92 Å². The number of carbonyl (C=O) groups is 1. The first kappa shape index (κ1) is 11.7. The minimum Gasteiger partial charge on any atom is -0.480 e. The number of nitrogens with zero attached hydrogens (tertiary/aromatic N) is 2. The minimum absolute atomic E-state index is 0.126. The molecule has 5 heteroatoms. The standard InChI is InChI=1S/C12H11ClN2O2/c1-8-6-11(14-15(8)7-12(16)17)9-2-4-10(13)5-3-9/h2-6H,7H2,1H3,(H,16,17). The topological polar surface area (TPSA) is 55.1 Å². The van der Waals surface area contributed by atoms with Crippen LogP contribution in [0.15, 0.2) is 30.3 Å². The summed E-state index contributed by atoms with van der Waals surface area (Å²) in [5.41, 5.74) is 2.49. The third kappa shape index (κ3) is 2.65. The van der Waals surface area contributed by atoms with Crippen LogP contribution in [-0.4, -0.2) is 20.9 Å². The van der Waals surface area contributed by atoms with Gasteiger partial charge in [0.1, 0.15) is 6.54 Å². The first-order valence-electron chi connectivity index (χ1n) is 5.08. The summed E-state index contributed by atoms with van der Waals surface area (Å²) in [7, 11) is 0. The highest BCUT2D eigenvalue weighted by molar-refractivity contribution is 6.30. The van der Waals surface area contributed by atoms with E-state index in [2.05, 4.69) is 5.10 Å². The Hall–Kier alpha value is -1.81. The van der Waals surface area contributed by atoms with Gasteiger partial charge in [-0.3, -0.25) is 9.48 Å². The predicted octanol–water partition coefficient (Wildman–Crippen LogP) is 2.60. The molecular formula is C12H11ClN2O2. The SMILES string of the molecule is Cc1cc(-c2ccc(Cl)cc2)nn1CC(=O)O. The molecule has 2 rings (SSSR count). The van der Waals surface area contributed by atoms with E-state index in [0.29, 0.717) is 5.02 Å². The number of aromatic nitrogens is 2. The molecule has 0 aliphatic heterocycles. The van der Waals surface area contributed by atoms with Crippen molar-refractivity contribution in [2.24, 2.45) is 0 Å². The molecule has 0 unspecified atom stereocenters. The van der Waals surface area contributed by atoms with Gasteiger partial charge in [-0.05, 0) is 25.1 Å². The van der Waals surface area contributed by atoms with Crippen LogP contribution in [0.4, 0.5) is 0 Å². The van der Waals surface area contributed by atoms with Crippen molar-refractivity contribution in [2.75, 3.05) is 0 Å². The summed E-state index contributed by atoms with van der Waals surface area (Å²) in [6.45, 7) is 1.70. The van der Waals surface area contributed by atoms with E-state index < -0.39 is 5.97 Å². The van der Waals surface area contributed by atoms with Gasteiger partial charge in [0, 0.05) is 16.3 Å². The van der Waals surface area contributed by atoms with E-state index in [0.717, 1.165) is 17.0 Å². The summed E-state index contributed by atoms with van der Waals surface area (Å²) >= 11 is 5.80. The summed E-state index contributed by atoms with van der Waals surface area (Å²) in [5, 5.41) is 13.6. The Balaban J connectivity index is 2.34. The lowest BCUT2D eigenvalue weighted by atomic mass is 10.1. The first-order valence-corrected chi connectivity index (χ1v) is 5.46. The molecule has 1 N–H and O–H groups in total. The monoisotopic (exact) mass is 250 g/mol. The molecule has 0 saturated carbocycles. The molecule has 0 radical (unpaired) electrons. The van der Waals surface area contributed by atoms with Crippen LogP contribution in [0.5, 0.6) is 0 Å². The maximum Gasteiger partial charge on any atom is 0.325 e. The molecule has 0 bridgehead atoms. The van der Waals surface area contributed by atoms with Crippen LogP contribution in [0.3, 0.4) is 0 Å². The molecule has 2 aromatic rings. The fourth-order valence-corrected chi connectivity index (χ4v) is 1.69. The zero-order chi connectivity index (χ0) is 12.4. The Morgan fingerprint density at radius 1 is 1.41 bits per heavy atom. The highest BCUT2D eigenvalue weighted by Crippen LogP contribution is 2.21. The summed E-state index contributed by atoms with van der Waals surface area (Å²) in [6.07, 6.45) is 0. The molecule has 1 aromatic heterocycles. The highest BCUT2D eigenvalue weighted by Gasteiger charge is 2.08. The Kier molecular flexibility index (Phi) is 3.15. The zero-order valence-corrected chi connectivity index (χ0v) is 9.98. The number of hydrogen-bond acceptors (Lipinski definition) is 2. The van der Waals surface area contributed by atoms with Crippen molar-refractivity contribution in [1.29, 1.82) is 0 Å². The number of halogens is 1. The number of aryl methyl sites for hydroxylation is 1. The molecule has 0 spiro atoms. The van der Waals surface area contributed by atoms with E-state index in [9.17, 15) is 4.79 Å². The van der Waals surface area contributed by atoms with Crippen molar-refractivity contribution in [3.05, 3.63) is 41.0 Å². The van der Waals surface area contributed by atoms with Crippen molar-refractivity contribution in [3.63, 3.8) is 0 Å². The van der Waals surface area contributed by atoms with Gasteiger partial charge in [0.05, 0.1) is 5.69 Å². The molecule has 0 aliphatic carbocycles. The number of benzene rings is 1. The van der Waals surface area contributed by atoms with Gasteiger partial charge in [-0.1, -0.05) is 23.7 Å². The average Bonchev–Trinajstić information content (AvgIpc) is 2.60. The van der Waals surface area contributed by atoms with Gasteiger partial charge in [-0.2, -0.15) is 5.10 Å². The Labute approximate surface area is 103 Å². The largest absolute Gasteiger partial charge is 0.480 e. The van der Waals surface area contributed by atoms with E-state index in [1.807, 2.05) is 25.1 Å². The van der Waals surface area contributed by atoms with Crippen molar-refractivity contribution in [2.45, 2.75) is 13.5 Å². The lowest BCUT2D eigenvalue weighted by Gasteiger charge is -1.98. The number of rotatable bonds is 3. The van der Waals surface area contributed by atoms with Gasteiger partial charge in [0.2, 0.25) is 0 Å². The van der Waals surface area contributed by atoms with Gasteiger partial charge in [0.15, 0.2) is 0 Å². The van der Waals surface area contributed by atoms with Crippen molar-refractivity contribution < 1.29 is 9.90 Å². The maximum atomic E-state index is 10.6. The Morgan fingerprint density at radius 3 is 2.65 bits per heavy atom. The molecule has 88 valence electrons. The van der Waals surface area contributed by atoms with Crippen LogP contribution in [0.25, 0.3) is 11.3 Å². The second-order valence-corrected chi connectivity index (χ2v) is 4.17. The first-order chi connectivity index (χ1) is 8.06. The average molecular weight is 251 g/mol. The number of carboxylic acids is 1. The van der Waals surface area contributed by atoms with Crippen molar-refractivity contribution >= 4 is 17.6 Å². The summed E-state index contributed by atoms with van der Waals surface area (Å²) in [5.74, 6) is -0.904. The molecule has 0 atom stereocenters. The van der Waals surface area contributed by atoms with E-state index in [-0.39, 0.29) is 6.54 Å². The smallest absolute Gasteiger partial charge is 0.325 e. The van der Waals surface area contributed by atoms with E-state index in [4.69, 9.17) is 16.7 Å². The Morgan fingerprint density at radius 2 is 2.06 bits per heavy atom. The van der Waals surface area contributed by atoms with E-state index in [1.54, 1.807) is 12.1 Å². The number of carboxylic acid groups (broad SMARTS) is 1. The van der Waals surface area contributed by atoms with Gasteiger partial charge in [-0.25, -0.2) is 0 Å². The molecule has 1 heterocycles. The van der Waals surface area contributed by atoms with Crippen molar-refractivity contribution in [1.82, 2.24) is 9.78 Å². The van der Waals surface area contributed by atoms with E-state index in [1.165, 1.54) is 4.68 Å². The van der Waals surface area contributed by atoms with Gasteiger partial charge in [-0.15, -0.1) is 0 Å². The molecule has 1 aromatic carbocycles. The van der Waals surface area contributed by atoms with Gasteiger partial charge >= 0.3 is 5.97 Å². The van der Waals surface area contributed by atoms with Crippen LogP contribution in [0.2, 0.25) is 5.02 Å². The molecular weight excluding hydrogens is 240 g/mol. The van der Waals surface area contributed by atoms with E-state index >= 15 is 0 Å². The lowest BCUT2D eigenvalue weighted by molar-refractivity contribution is -0.137. The summed E-state index contributed by atoms with van der Waals surface area (Å²) in [6, 6.07) is 9.13. The molecule has 0 saturated heterocycles. The van der Waals surface area contributed by atoms with Crippen LogP contribution in [0.1, 0.15) is 5.69 Å². The molecule has 4 nitrogen and oxygen atoms in total. The molecule has 0 aliphatic rings. The fourth-order valence-electron chi connectivity index (χ4n) is 1.56. The molecule has 0 amide bonds. The van der Waals surface area contributed by atoms with Crippen LogP contribution >= 0.6 is 11.6 Å². The number of aliphatic carboxylic acids is 1.